The minimum absolute atomic E-state index is 0.0470. The highest BCUT2D eigenvalue weighted by Gasteiger charge is 2.32. The van der Waals surface area contributed by atoms with Gasteiger partial charge in [-0.3, -0.25) is 9.59 Å². The molecule has 7 heteroatoms. The maximum absolute atomic E-state index is 11.3. The lowest BCUT2D eigenvalue weighted by atomic mass is 10.3. The molecule has 0 fully saturated rings. The fourth-order valence-electron chi connectivity index (χ4n) is 0.938. The number of aliphatic carboxylic acids is 1. The maximum atomic E-state index is 11.3. The van der Waals surface area contributed by atoms with Crippen molar-refractivity contribution < 1.29 is 23.1 Å². The lowest BCUT2D eigenvalue weighted by molar-refractivity contribution is -0.136. The quantitative estimate of drug-likeness (QED) is 0.623. The average Bonchev–Trinajstić information content (AvgIpc) is 2.02. The number of rotatable bonds is 5. The smallest absolute Gasteiger partial charge is 0.321 e. The lowest BCUT2D eigenvalue weighted by Crippen LogP contribution is -2.37. The summed E-state index contributed by atoms with van der Waals surface area (Å²) in [6.45, 7) is 1.44. The van der Waals surface area contributed by atoms with E-state index in [0.717, 1.165) is 0 Å². The Kier molecular flexibility index (Phi) is 4.55. The van der Waals surface area contributed by atoms with Crippen LogP contribution in [0.4, 0.5) is 0 Å². The third-order valence-electron chi connectivity index (χ3n) is 1.69. The van der Waals surface area contributed by atoms with E-state index in [1.165, 1.54) is 14.0 Å². The second-order valence-electron chi connectivity index (χ2n) is 2.72. The second kappa shape index (κ2) is 4.94. The Morgan fingerprint density at radius 3 is 2.21 bits per heavy atom. The lowest BCUT2D eigenvalue weighted by Gasteiger charge is -2.09. The van der Waals surface area contributed by atoms with Crippen molar-refractivity contribution in [3.63, 3.8) is 0 Å². The second-order valence-corrected chi connectivity index (χ2v) is 4.90. The molecule has 82 valence electrons. The van der Waals surface area contributed by atoms with Crippen molar-refractivity contribution in [3.05, 3.63) is 0 Å². The van der Waals surface area contributed by atoms with Crippen LogP contribution in [-0.2, 0) is 19.4 Å². The maximum Gasteiger partial charge on any atom is 0.321 e. The number of hydrogen-bond donors (Lipinski definition) is 2. The summed E-state index contributed by atoms with van der Waals surface area (Å²) in [4.78, 5) is 21.3. The fraction of sp³-hybridized carbons (Fsp3) is 0.714. The molecule has 0 bridgehead atoms. The Hall–Kier alpha value is -1.11. The molecule has 14 heavy (non-hydrogen) atoms. The molecule has 0 aliphatic carbocycles. The third-order valence-corrected chi connectivity index (χ3v) is 3.76. The predicted molar refractivity (Wildman–Crippen MR) is 49.6 cm³/mol. The van der Waals surface area contributed by atoms with Gasteiger partial charge in [0.2, 0.25) is 5.91 Å². The molecule has 0 heterocycles. The van der Waals surface area contributed by atoms with Gasteiger partial charge in [-0.1, -0.05) is 6.92 Å². The zero-order valence-electron chi connectivity index (χ0n) is 7.98. The molecular formula is C7H13NO5S. The Morgan fingerprint density at radius 1 is 1.43 bits per heavy atom. The van der Waals surface area contributed by atoms with Crippen LogP contribution in [0.25, 0.3) is 0 Å². The Morgan fingerprint density at radius 2 is 1.93 bits per heavy atom. The molecule has 0 rings (SSSR count). The first-order chi connectivity index (χ1) is 6.35. The first kappa shape index (κ1) is 12.9. The van der Waals surface area contributed by atoms with Gasteiger partial charge in [0, 0.05) is 7.05 Å². The number of carbonyl (C=O) groups is 2. The largest absolute Gasteiger partial charge is 0.480 e. The number of carbonyl (C=O) groups excluding carboxylic acids is 1. The summed E-state index contributed by atoms with van der Waals surface area (Å²) in [7, 11) is -2.60. The van der Waals surface area contributed by atoms with Crippen LogP contribution in [0, 0.1) is 0 Å². The first-order valence-electron chi connectivity index (χ1n) is 4.00. The van der Waals surface area contributed by atoms with Crippen molar-refractivity contribution in [2.24, 2.45) is 0 Å². The molecule has 0 aliphatic heterocycles. The molecule has 1 unspecified atom stereocenters. The van der Waals surface area contributed by atoms with Crippen LogP contribution in [-0.4, -0.2) is 43.5 Å². The number of carboxylic acids is 1. The zero-order chi connectivity index (χ0) is 11.4. The van der Waals surface area contributed by atoms with E-state index in [-0.39, 0.29) is 6.42 Å². The molecule has 0 aromatic carbocycles. The minimum Gasteiger partial charge on any atom is -0.480 e. The van der Waals surface area contributed by atoms with E-state index in [9.17, 15) is 18.0 Å². The van der Waals surface area contributed by atoms with Crippen LogP contribution >= 0.6 is 0 Å². The predicted octanol–water partition coefficient (Wildman–Crippen LogP) is -0.990. The molecule has 1 amide bonds. The molecule has 0 aromatic heterocycles. The minimum atomic E-state index is -3.89. The van der Waals surface area contributed by atoms with Gasteiger partial charge in [0.25, 0.3) is 0 Å². The van der Waals surface area contributed by atoms with E-state index < -0.39 is 32.7 Å². The molecule has 0 aromatic rings. The molecule has 0 spiro atoms. The summed E-state index contributed by atoms with van der Waals surface area (Å²) in [6.07, 6.45) is -0.0470. The number of nitrogens with one attached hydrogen (secondary N) is 1. The number of carboxylic acid groups (broad SMARTS) is 1. The Labute approximate surface area is 82.2 Å². The van der Waals surface area contributed by atoms with Gasteiger partial charge in [0.15, 0.2) is 15.1 Å². The van der Waals surface area contributed by atoms with Crippen LogP contribution in [0.1, 0.15) is 13.3 Å². The van der Waals surface area contributed by atoms with Crippen molar-refractivity contribution >= 4 is 21.7 Å². The molecular weight excluding hydrogens is 210 g/mol. The van der Waals surface area contributed by atoms with E-state index in [2.05, 4.69) is 5.32 Å². The number of amides is 1. The van der Waals surface area contributed by atoms with Crippen molar-refractivity contribution in [2.75, 3.05) is 12.8 Å². The van der Waals surface area contributed by atoms with Gasteiger partial charge in [-0.15, -0.1) is 0 Å². The van der Waals surface area contributed by atoms with E-state index in [4.69, 9.17) is 5.11 Å². The van der Waals surface area contributed by atoms with Crippen LogP contribution in [0.3, 0.4) is 0 Å². The summed E-state index contributed by atoms with van der Waals surface area (Å²) < 4.78 is 22.7. The van der Waals surface area contributed by atoms with Gasteiger partial charge in [0.05, 0.1) is 0 Å². The van der Waals surface area contributed by atoms with Crippen LogP contribution < -0.4 is 5.32 Å². The van der Waals surface area contributed by atoms with Gasteiger partial charge in [0.1, 0.15) is 5.75 Å². The third kappa shape index (κ3) is 3.33. The molecule has 1 atom stereocenters. The molecule has 0 saturated carbocycles. The van der Waals surface area contributed by atoms with Gasteiger partial charge < -0.3 is 10.4 Å². The summed E-state index contributed by atoms with van der Waals surface area (Å²) in [5, 5.41) is 9.21. The van der Waals surface area contributed by atoms with Crippen LogP contribution in [0.15, 0.2) is 0 Å². The normalized spacial score (nSPS) is 13.3. The van der Waals surface area contributed by atoms with Gasteiger partial charge >= 0.3 is 5.97 Å². The number of hydrogen-bond acceptors (Lipinski definition) is 4. The topological polar surface area (TPSA) is 101 Å². The summed E-state index contributed by atoms with van der Waals surface area (Å²) in [5.74, 6) is -2.91. The molecule has 0 radical (unpaired) electrons. The summed E-state index contributed by atoms with van der Waals surface area (Å²) >= 11 is 0. The van der Waals surface area contributed by atoms with Crippen molar-refractivity contribution in [3.8, 4) is 0 Å². The summed E-state index contributed by atoms with van der Waals surface area (Å²) in [6, 6.07) is 0. The van der Waals surface area contributed by atoms with Crippen LogP contribution in [0.5, 0.6) is 0 Å². The Bertz CT molecular complexity index is 321. The van der Waals surface area contributed by atoms with Crippen LogP contribution in [0.2, 0.25) is 0 Å². The van der Waals surface area contributed by atoms with Crippen molar-refractivity contribution in [1.29, 1.82) is 0 Å². The highest BCUT2D eigenvalue weighted by Crippen LogP contribution is 2.07. The molecule has 6 nitrogen and oxygen atoms in total. The van der Waals surface area contributed by atoms with E-state index in [0.29, 0.717) is 0 Å². The molecule has 2 N–H and O–H groups in total. The van der Waals surface area contributed by atoms with E-state index in [1.807, 2.05) is 0 Å². The SMILES string of the molecule is CCC(C(=O)O)S(=O)(=O)CC(=O)NC. The number of sulfone groups is 1. The standard InChI is InChI=1S/C7H13NO5S/c1-3-5(7(10)11)14(12,13)4-6(9)8-2/h5H,3-4H2,1-2H3,(H,8,9)(H,10,11). The Balaban J connectivity index is 4.76. The summed E-state index contributed by atoms with van der Waals surface area (Å²) in [5.41, 5.74) is 0. The van der Waals surface area contributed by atoms with Gasteiger partial charge in [-0.2, -0.15) is 0 Å². The van der Waals surface area contributed by atoms with Crippen molar-refractivity contribution in [1.82, 2.24) is 5.32 Å². The molecule has 0 aliphatic rings. The van der Waals surface area contributed by atoms with Gasteiger partial charge in [-0.25, -0.2) is 8.42 Å². The highest BCUT2D eigenvalue weighted by atomic mass is 32.2. The highest BCUT2D eigenvalue weighted by molar-refractivity contribution is 7.93. The first-order valence-corrected chi connectivity index (χ1v) is 5.71. The fourth-order valence-corrected chi connectivity index (χ4v) is 2.46. The average molecular weight is 223 g/mol. The van der Waals surface area contributed by atoms with Gasteiger partial charge in [-0.05, 0) is 6.42 Å². The van der Waals surface area contributed by atoms with E-state index in [1.54, 1.807) is 0 Å². The van der Waals surface area contributed by atoms with E-state index >= 15 is 0 Å². The zero-order valence-corrected chi connectivity index (χ0v) is 8.80. The van der Waals surface area contributed by atoms with Crippen molar-refractivity contribution in [2.45, 2.75) is 18.6 Å². The molecule has 0 saturated heterocycles. The monoisotopic (exact) mass is 223 g/mol.